The molecule has 0 aliphatic heterocycles. The molecule has 116 valence electrons. The minimum atomic E-state index is 0.297. The van der Waals surface area contributed by atoms with E-state index in [0.29, 0.717) is 22.9 Å². The van der Waals surface area contributed by atoms with Crippen LogP contribution in [0.2, 0.25) is 0 Å². The number of nitrogen functional groups attached to an aromatic ring is 1. The Morgan fingerprint density at radius 2 is 2.17 bits per heavy atom. The van der Waals surface area contributed by atoms with Gasteiger partial charge in [-0.05, 0) is 31.2 Å². The highest BCUT2D eigenvalue weighted by atomic mass is 32.1. The van der Waals surface area contributed by atoms with Crippen molar-refractivity contribution in [2.45, 2.75) is 19.3 Å². The molecule has 3 aromatic rings. The van der Waals surface area contributed by atoms with Crippen molar-refractivity contribution in [3.63, 3.8) is 0 Å². The quantitative estimate of drug-likeness (QED) is 0.732. The first kappa shape index (κ1) is 13.9. The third-order valence-corrected chi connectivity index (χ3v) is 4.18. The van der Waals surface area contributed by atoms with Crippen LogP contribution in [0.15, 0.2) is 24.0 Å². The van der Waals surface area contributed by atoms with Crippen LogP contribution >= 0.6 is 11.3 Å². The first-order valence-electron chi connectivity index (χ1n) is 7.26. The lowest BCUT2D eigenvalue weighted by Crippen LogP contribution is -2.04. The lowest BCUT2D eigenvalue weighted by Gasteiger charge is -2.09. The highest BCUT2D eigenvalue weighted by molar-refractivity contribution is 7.13. The van der Waals surface area contributed by atoms with Crippen molar-refractivity contribution >= 4 is 28.4 Å². The minimum Gasteiger partial charge on any atom is -0.368 e. The summed E-state index contributed by atoms with van der Waals surface area (Å²) in [7, 11) is 0. The Morgan fingerprint density at radius 1 is 1.26 bits per heavy atom. The van der Waals surface area contributed by atoms with Crippen LogP contribution in [0.3, 0.4) is 0 Å². The van der Waals surface area contributed by atoms with E-state index in [1.54, 1.807) is 17.9 Å². The van der Waals surface area contributed by atoms with E-state index in [0.717, 1.165) is 23.4 Å². The second kappa shape index (κ2) is 5.84. The van der Waals surface area contributed by atoms with Gasteiger partial charge in [-0.1, -0.05) is 11.3 Å². The molecular formula is C14H14N8S. The van der Waals surface area contributed by atoms with Gasteiger partial charge in [-0.15, -0.1) is 10.2 Å². The molecule has 1 aliphatic rings. The summed E-state index contributed by atoms with van der Waals surface area (Å²) in [5.41, 5.74) is 10.00. The number of nitrogens with one attached hydrogen (secondary N) is 1. The van der Waals surface area contributed by atoms with Crippen LogP contribution in [0.4, 0.5) is 17.0 Å². The molecule has 3 heterocycles. The van der Waals surface area contributed by atoms with Crippen molar-refractivity contribution in [1.82, 2.24) is 30.1 Å². The number of aromatic nitrogens is 6. The molecule has 0 bridgehead atoms. The van der Waals surface area contributed by atoms with E-state index in [2.05, 4.69) is 35.5 Å². The van der Waals surface area contributed by atoms with Crippen molar-refractivity contribution in [2.24, 2.45) is 5.92 Å². The zero-order chi connectivity index (χ0) is 15.6. The van der Waals surface area contributed by atoms with Gasteiger partial charge >= 0.3 is 0 Å². The van der Waals surface area contributed by atoms with E-state index in [-0.39, 0.29) is 0 Å². The normalized spacial score (nSPS) is 13.9. The van der Waals surface area contributed by atoms with Gasteiger partial charge in [-0.25, -0.2) is 19.9 Å². The van der Waals surface area contributed by atoms with Crippen LogP contribution < -0.4 is 11.1 Å². The Bertz CT molecular complexity index is 815. The molecule has 0 unspecified atom stereocenters. The summed E-state index contributed by atoms with van der Waals surface area (Å²) < 4.78 is 0. The maximum Gasteiger partial charge on any atom is 0.229 e. The van der Waals surface area contributed by atoms with E-state index < -0.39 is 0 Å². The summed E-state index contributed by atoms with van der Waals surface area (Å²) >= 11 is 1.39. The van der Waals surface area contributed by atoms with Crippen LogP contribution in [-0.4, -0.2) is 30.1 Å². The van der Waals surface area contributed by atoms with E-state index in [9.17, 15) is 0 Å². The molecule has 0 aromatic carbocycles. The molecule has 1 aliphatic carbocycles. The van der Waals surface area contributed by atoms with Gasteiger partial charge in [-0.3, -0.25) is 5.32 Å². The fourth-order valence-corrected chi connectivity index (χ4v) is 2.73. The van der Waals surface area contributed by atoms with Gasteiger partial charge in [-0.2, -0.15) is 0 Å². The third-order valence-electron chi connectivity index (χ3n) is 3.58. The average Bonchev–Trinajstić information content (AvgIpc) is 3.21. The van der Waals surface area contributed by atoms with Crippen molar-refractivity contribution in [2.75, 3.05) is 11.1 Å². The summed E-state index contributed by atoms with van der Waals surface area (Å²) in [6.45, 7) is 0. The zero-order valence-corrected chi connectivity index (χ0v) is 13.0. The molecule has 23 heavy (non-hydrogen) atoms. The van der Waals surface area contributed by atoms with Crippen LogP contribution in [0, 0.1) is 5.92 Å². The van der Waals surface area contributed by atoms with Crippen LogP contribution in [0.5, 0.6) is 0 Å². The molecule has 1 fully saturated rings. The lowest BCUT2D eigenvalue weighted by atomic mass is 10.1. The molecule has 3 N–H and O–H groups in total. The Labute approximate surface area is 136 Å². The molecule has 9 heteroatoms. The van der Waals surface area contributed by atoms with Crippen molar-refractivity contribution in [3.05, 3.63) is 29.7 Å². The topological polar surface area (TPSA) is 115 Å². The predicted octanol–water partition coefficient (Wildman–Crippen LogP) is 2.06. The smallest absolute Gasteiger partial charge is 0.229 e. The minimum absolute atomic E-state index is 0.297. The zero-order valence-electron chi connectivity index (χ0n) is 12.2. The summed E-state index contributed by atoms with van der Waals surface area (Å²) in [6.07, 6.45) is 6.83. The van der Waals surface area contributed by atoms with E-state index in [4.69, 9.17) is 5.73 Å². The Morgan fingerprint density at radius 3 is 2.96 bits per heavy atom. The first-order chi connectivity index (χ1) is 11.3. The standard InChI is InChI=1S/C14H14N8S/c15-12-17-6-9(11(19-12)5-8-1-2-8)10-3-4-16-13(20-10)21-14-22-18-7-23-14/h3-4,6-8H,1-2,5H2,(H2,15,17,19)(H,16,20,21,22). The number of rotatable bonds is 5. The SMILES string of the molecule is Nc1ncc(-c2ccnc(Nc3nncs3)n2)c(CC2CC2)n1. The van der Waals surface area contributed by atoms with E-state index in [1.807, 2.05) is 6.07 Å². The molecule has 0 radical (unpaired) electrons. The van der Waals surface area contributed by atoms with Gasteiger partial charge in [0.1, 0.15) is 5.51 Å². The maximum atomic E-state index is 5.74. The van der Waals surface area contributed by atoms with Crippen molar-refractivity contribution in [3.8, 4) is 11.3 Å². The largest absolute Gasteiger partial charge is 0.368 e. The highest BCUT2D eigenvalue weighted by Crippen LogP contribution is 2.34. The number of hydrogen-bond acceptors (Lipinski definition) is 9. The molecule has 0 atom stereocenters. The Kier molecular flexibility index (Phi) is 3.54. The van der Waals surface area contributed by atoms with Gasteiger partial charge in [0.05, 0.1) is 11.4 Å². The molecular weight excluding hydrogens is 312 g/mol. The van der Waals surface area contributed by atoms with Gasteiger partial charge in [0.15, 0.2) is 0 Å². The van der Waals surface area contributed by atoms with Gasteiger partial charge < -0.3 is 5.73 Å². The number of anilines is 3. The molecule has 0 saturated heterocycles. The second-order valence-electron chi connectivity index (χ2n) is 5.37. The fourth-order valence-electron chi connectivity index (χ4n) is 2.29. The molecule has 8 nitrogen and oxygen atoms in total. The van der Waals surface area contributed by atoms with Crippen molar-refractivity contribution < 1.29 is 0 Å². The highest BCUT2D eigenvalue weighted by Gasteiger charge is 2.24. The van der Waals surface area contributed by atoms with Gasteiger partial charge in [0.25, 0.3) is 0 Å². The summed E-state index contributed by atoms with van der Waals surface area (Å²) in [6, 6.07) is 1.84. The summed E-state index contributed by atoms with van der Waals surface area (Å²) in [5, 5.41) is 11.4. The molecule has 3 aromatic heterocycles. The summed E-state index contributed by atoms with van der Waals surface area (Å²) in [5.74, 6) is 1.46. The molecule has 1 saturated carbocycles. The Hall–Kier alpha value is -2.68. The monoisotopic (exact) mass is 326 g/mol. The van der Waals surface area contributed by atoms with Gasteiger partial charge in [0, 0.05) is 18.0 Å². The average molecular weight is 326 g/mol. The maximum absolute atomic E-state index is 5.74. The van der Waals surface area contributed by atoms with Crippen LogP contribution in [-0.2, 0) is 6.42 Å². The van der Waals surface area contributed by atoms with Crippen LogP contribution in [0.25, 0.3) is 11.3 Å². The van der Waals surface area contributed by atoms with E-state index in [1.165, 1.54) is 24.2 Å². The molecule has 0 amide bonds. The fraction of sp³-hybridized carbons (Fsp3) is 0.286. The lowest BCUT2D eigenvalue weighted by molar-refractivity contribution is 0.802. The molecule has 0 spiro atoms. The molecule has 4 rings (SSSR count). The van der Waals surface area contributed by atoms with Gasteiger partial charge in [0.2, 0.25) is 17.0 Å². The number of nitrogens with two attached hydrogens (primary N) is 1. The Balaban J connectivity index is 1.67. The second-order valence-corrected chi connectivity index (χ2v) is 6.20. The van der Waals surface area contributed by atoms with Crippen molar-refractivity contribution in [1.29, 1.82) is 0 Å². The van der Waals surface area contributed by atoms with E-state index >= 15 is 0 Å². The predicted molar refractivity (Wildman–Crippen MR) is 87.1 cm³/mol. The first-order valence-corrected chi connectivity index (χ1v) is 8.14. The summed E-state index contributed by atoms with van der Waals surface area (Å²) in [4.78, 5) is 17.3. The third kappa shape index (κ3) is 3.24. The number of hydrogen-bond donors (Lipinski definition) is 2. The van der Waals surface area contributed by atoms with Crippen LogP contribution in [0.1, 0.15) is 18.5 Å². The number of nitrogens with zero attached hydrogens (tertiary/aromatic N) is 6.